The summed E-state index contributed by atoms with van der Waals surface area (Å²) in [6.07, 6.45) is 0.868. The molecule has 0 bridgehead atoms. The van der Waals surface area contributed by atoms with E-state index in [1.165, 1.54) is 0 Å². The van der Waals surface area contributed by atoms with E-state index in [0.717, 1.165) is 0 Å². The first-order chi connectivity index (χ1) is 17.4. The predicted octanol–water partition coefficient (Wildman–Crippen LogP) is 3.22. The zero-order valence-corrected chi connectivity index (χ0v) is 25.6. The van der Waals surface area contributed by atoms with Gasteiger partial charge in [-0.3, -0.25) is 38.4 Å². The maximum absolute atomic E-state index is 11.5. The molecular weight excluding hydrogens is 734 g/mol. The topological polar surface area (TPSA) is 173 Å². The SMILES string of the molecule is CC1(CC2(C)CC(=O)OC(=O)C2)CC(=O)OC(=O)C1.CC1(CC2(C)CC(=O)OC2=O)CC(=O)OC1=O.II. The van der Waals surface area contributed by atoms with Gasteiger partial charge in [0.25, 0.3) is 0 Å². The van der Waals surface area contributed by atoms with E-state index >= 15 is 0 Å². The second kappa shape index (κ2) is 12.0. The van der Waals surface area contributed by atoms with E-state index in [4.69, 9.17) is 0 Å². The number of rotatable bonds is 4. The summed E-state index contributed by atoms with van der Waals surface area (Å²) < 4.78 is 18.0. The largest absolute Gasteiger partial charge is 0.393 e. The van der Waals surface area contributed by atoms with Crippen LogP contribution < -0.4 is 0 Å². The Morgan fingerprint density at radius 2 is 0.737 bits per heavy atom. The van der Waals surface area contributed by atoms with Crippen LogP contribution >= 0.6 is 37.2 Å². The highest BCUT2D eigenvalue weighted by Crippen LogP contribution is 2.47. The van der Waals surface area contributed by atoms with E-state index in [-0.39, 0.29) is 44.9 Å². The van der Waals surface area contributed by atoms with Gasteiger partial charge in [-0.1, -0.05) is 13.8 Å². The third-order valence-electron chi connectivity index (χ3n) is 6.84. The Morgan fingerprint density at radius 1 is 0.474 bits per heavy atom. The number of cyclic esters (lactones) is 8. The first kappa shape index (κ1) is 32.2. The van der Waals surface area contributed by atoms with E-state index in [2.05, 4.69) is 56.2 Å². The van der Waals surface area contributed by atoms with Gasteiger partial charge in [-0.15, -0.1) is 0 Å². The molecular formula is C24H28I2O12. The Balaban J connectivity index is 0.000000252. The molecule has 0 spiro atoms. The summed E-state index contributed by atoms with van der Waals surface area (Å²) in [5, 5.41) is 0. The Bertz CT molecular complexity index is 968. The summed E-state index contributed by atoms with van der Waals surface area (Å²) in [7, 11) is 0. The second-order valence-electron chi connectivity index (χ2n) is 11.4. The fraction of sp³-hybridized carbons (Fsp3) is 0.667. The molecule has 12 nitrogen and oxygen atoms in total. The van der Waals surface area contributed by atoms with Crippen molar-refractivity contribution in [2.75, 3.05) is 0 Å². The average molecular weight is 762 g/mol. The second-order valence-corrected chi connectivity index (χ2v) is 11.4. The Kier molecular flexibility index (Phi) is 10.2. The average Bonchev–Trinajstić information content (AvgIpc) is 3.11. The molecule has 4 heterocycles. The van der Waals surface area contributed by atoms with Crippen LogP contribution in [-0.2, 0) is 57.3 Å². The number of esters is 8. The molecule has 0 aromatic heterocycles. The number of halogens is 2. The van der Waals surface area contributed by atoms with Crippen molar-refractivity contribution >= 4 is 85.0 Å². The lowest BCUT2D eigenvalue weighted by Crippen LogP contribution is -2.41. The van der Waals surface area contributed by atoms with Crippen molar-refractivity contribution in [3.63, 3.8) is 0 Å². The Morgan fingerprint density at radius 3 is 0.974 bits per heavy atom. The Hall–Kier alpha value is -1.98. The number of carbonyl (C=O) groups is 8. The van der Waals surface area contributed by atoms with Gasteiger partial charge in [0.1, 0.15) is 0 Å². The number of hydrogen-bond acceptors (Lipinski definition) is 12. The zero-order valence-electron chi connectivity index (χ0n) is 21.3. The van der Waals surface area contributed by atoms with Crippen LogP contribution in [0.3, 0.4) is 0 Å². The maximum atomic E-state index is 11.5. The lowest BCUT2D eigenvalue weighted by Gasteiger charge is -2.40. The third kappa shape index (κ3) is 8.02. The lowest BCUT2D eigenvalue weighted by molar-refractivity contribution is -0.173. The summed E-state index contributed by atoms with van der Waals surface area (Å²) in [6, 6.07) is 0. The minimum atomic E-state index is -1.05. The van der Waals surface area contributed by atoms with Crippen molar-refractivity contribution in [3.8, 4) is 0 Å². The molecule has 0 radical (unpaired) electrons. The molecule has 2 atom stereocenters. The van der Waals surface area contributed by atoms with Crippen molar-refractivity contribution in [1.29, 1.82) is 0 Å². The van der Waals surface area contributed by atoms with Gasteiger partial charge in [0.2, 0.25) is 0 Å². The quantitative estimate of drug-likeness (QED) is 0.178. The molecule has 14 heteroatoms. The van der Waals surface area contributed by atoms with Crippen molar-refractivity contribution in [3.05, 3.63) is 0 Å². The van der Waals surface area contributed by atoms with Crippen LogP contribution in [0.15, 0.2) is 0 Å². The molecule has 4 rings (SSSR count). The molecule has 4 aliphatic heterocycles. The van der Waals surface area contributed by atoms with E-state index in [1.54, 1.807) is 27.7 Å². The van der Waals surface area contributed by atoms with E-state index < -0.39 is 69.4 Å². The predicted molar refractivity (Wildman–Crippen MR) is 142 cm³/mol. The van der Waals surface area contributed by atoms with E-state index in [9.17, 15) is 38.4 Å². The summed E-state index contributed by atoms with van der Waals surface area (Å²) in [4.78, 5) is 90.7. The fourth-order valence-corrected chi connectivity index (χ4v) is 5.63. The Labute approximate surface area is 241 Å². The van der Waals surface area contributed by atoms with Crippen LogP contribution in [0.5, 0.6) is 0 Å². The molecule has 2 unspecified atom stereocenters. The van der Waals surface area contributed by atoms with Crippen molar-refractivity contribution in [2.24, 2.45) is 21.7 Å². The normalized spacial score (nSPS) is 29.7. The van der Waals surface area contributed by atoms with Crippen LogP contribution in [0.2, 0.25) is 0 Å². The summed E-state index contributed by atoms with van der Waals surface area (Å²) in [5.74, 6) is -4.68. The molecule has 38 heavy (non-hydrogen) atoms. The molecule has 0 N–H and O–H groups in total. The van der Waals surface area contributed by atoms with Crippen LogP contribution in [-0.4, -0.2) is 47.8 Å². The maximum Gasteiger partial charge on any atom is 0.320 e. The minimum Gasteiger partial charge on any atom is -0.393 e. The van der Waals surface area contributed by atoms with Crippen molar-refractivity contribution < 1.29 is 57.3 Å². The van der Waals surface area contributed by atoms with Gasteiger partial charge in [-0.2, -0.15) is 0 Å². The smallest absolute Gasteiger partial charge is 0.320 e. The third-order valence-corrected chi connectivity index (χ3v) is 6.84. The van der Waals surface area contributed by atoms with Gasteiger partial charge < -0.3 is 18.9 Å². The van der Waals surface area contributed by atoms with Gasteiger partial charge in [-0.25, -0.2) is 0 Å². The van der Waals surface area contributed by atoms with E-state index in [1.807, 2.05) is 0 Å². The molecule has 0 aliphatic carbocycles. The highest BCUT2D eigenvalue weighted by molar-refractivity contribution is 15.0. The van der Waals surface area contributed by atoms with Crippen LogP contribution in [0, 0.1) is 21.7 Å². The first-order valence-corrected chi connectivity index (χ1v) is 17.9. The molecule has 0 aromatic rings. The van der Waals surface area contributed by atoms with Gasteiger partial charge in [-0.05, 0) is 37.5 Å². The van der Waals surface area contributed by atoms with E-state index in [0.29, 0.717) is 6.42 Å². The number of hydrogen-bond donors (Lipinski definition) is 0. The number of carbonyl (C=O) groups excluding carboxylic acids is 8. The zero-order chi connectivity index (χ0) is 29.1. The number of ether oxygens (including phenoxy) is 4. The molecule has 4 aliphatic rings. The summed E-state index contributed by atoms with van der Waals surface area (Å²) in [6.45, 7) is 6.73. The van der Waals surface area contributed by atoms with Crippen molar-refractivity contribution in [1.82, 2.24) is 0 Å². The molecule has 0 saturated carbocycles. The lowest BCUT2D eigenvalue weighted by atomic mass is 9.66. The summed E-state index contributed by atoms with van der Waals surface area (Å²) >= 11 is 4.24. The molecule has 210 valence electrons. The standard InChI is InChI=1S/C13H16O6.C11H12O6.I2/c1-12(3-8(14)18-9(15)4-12)7-13(2)5-10(16)19-11(17)6-13;1-10(3-6(12)16-8(10)14)5-11(2)4-7(13)17-9(11)15;1-2/h3-7H2,1-2H3;3-5H2,1-2H3;. The van der Waals surface area contributed by atoms with Crippen molar-refractivity contribution in [2.45, 2.75) is 79.1 Å². The minimum absolute atomic E-state index is 0.0666. The molecule has 4 saturated heterocycles. The molecule has 0 aromatic carbocycles. The van der Waals surface area contributed by atoms with Gasteiger partial charge >= 0.3 is 47.8 Å². The van der Waals surface area contributed by atoms with Crippen LogP contribution in [0.4, 0.5) is 0 Å². The summed E-state index contributed by atoms with van der Waals surface area (Å²) in [5.41, 5.74) is -3.23. The van der Waals surface area contributed by atoms with Gasteiger partial charge in [0.05, 0.1) is 49.4 Å². The highest BCUT2D eigenvalue weighted by atomic mass is 128. The highest BCUT2D eigenvalue weighted by Gasteiger charge is 2.55. The van der Waals surface area contributed by atoms with Crippen LogP contribution in [0.1, 0.15) is 79.1 Å². The fourth-order valence-electron chi connectivity index (χ4n) is 5.63. The van der Waals surface area contributed by atoms with Crippen LogP contribution in [0.25, 0.3) is 0 Å². The monoisotopic (exact) mass is 762 g/mol. The van der Waals surface area contributed by atoms with Gasteiger partial charge in [0, 0.05) is 37.2 Å². The first-order valence-electron chi connectivity index (χ1n) is 11.6. The van der Waals surface area contributed by atoms with Gasteiger partial charge in [0.15, 0.2) is 0 Å². The molecule has 4 fully saturated rings. The molecule has 0 amide bonds.